The predicted octanol–water partition coefficient (Wildman–Crippen LogP) is 2.55. The van der Waals surface area contributed by atoms with Crippen LogP contribution < -0.4 is 10.6 Å². The molecule has 5 nitrogen and oxygen atoms in total. The molecule has 1 heterocycles. The number of aliphatic hydroxyl groups excluding tert-OH is 1. The summed E-state index contributed by atoms with van der Waals surface area (Å²) in [4.78, 5) is 16.2. The lowest BCUT2D eigenvalue weighted by molar-refractivity contribution is 0.234. The number of aromatic nitrogens is 1. The molecule has 1 unspecified atom stereocenters. The summed E-state index contributed by atoms with van der Waals surface area (Å²) in [5.41, 5.74) is 1.05. The molecule has 1 aromatic heterocycles. The number of nitrogens with one attached hydrogen (secondary N) is 2. The van der Waals surface area contributed by atoms with Crippen molar-refractivity contribution in [3.05, 3.63) is 29.3 Å². The summed E-state index contributed by atoms with van der Waals surface area (Å²) in [7, 11) is 0. The number of carbonyl (C=O) groups excluding carboxylic acids is 1. The molecule has 1 atom stereocenters. The van der Waals surface area contributed by atoms with Gasteiger partial charge in [0.25, 0.3) is 0 Å². The second kappa shape index (κ2) is 8.70. The van der Waals surface area contributed by atoms with Crippen LogP contribution in [0.5, 0.6) is 0 Å². The maximum atomic E-state index is 11.6. The number of nitrogens with zero attached hydrogens (tertiary/aromatic N) is 1. The third-order valence-corrected chi connectivity index (χ3v) is 4.52. The SMILES string of the molecule is CC(CCO)CNC(=O)NCCCc1nc2ccccc2s1. The standard InChI is InChI=1S/C16H23N3O2S/c1-12(8-10-20)11-18-16(21)17-9-4-7-15-19-13-5-2-3-6-14(13)22-15/h2-3,5-6,12,20H,4,7-11H2,1H3,(H2,17,18,21). The Morgan fingerprint density at radius 3 is 2.95 bits per heavy atom. The van der Waals surface area contributed by atoms with Crippen LogP contribution in [-0.4, -0.2) is 35.8 Å². The molecule has 2 amide bonds. The molecule has 2 aromatic rings. The molecule has 0 aliphatic heterocycles. The van der Waals surface area contributed by atoms with E-state index in [0.717, 1.165) is 23.4 Å². The van der Waals surface area contributed by atoms with Crippen molar-refractivity contribution in [2.24, 2.45) is 5.92 Å². The summed E-state index contributed by atoms with van der Waals surface area (Å²) in [5, 5.41) is 15.6. The van der Waals surface area contributed by atoms with Crippen LogP contribution in [0.25, 0.3) is 10.2 Å². The summed E-state index contributed by atoms with van der Waals surface area (Å²) in [6.07, 6.45) is 2.46. The molecular formula is C16H23N3O2S. The molecule has 0 radical (unpaired) electrons. The van der Waals surface area contributed by atoms with Crippen LogP contribution in [0.2, 0.25) is 0 Å². The van der Waals surface area contributed by atoms with Crippen LogP contribution in [0.15, 0.2) is 24.3 Å². The number of aliphatic hydroxyl groups is 1. The fourth-order valence-electron chi connectivity index (χ4n) is 2.12. The van der Waals surface area contributed by atoms with Gasteiger partial charge in [0.1, 0.15) is 0 Å². The summed E-state index contributed by atoms with van der Waals surface area (Å²) < 4.78 is 1.21. The van der Waals surface area contributed by atoms with E-state index >= 15 is 0 Å². The Balaban J connectivity index is 1.63. The molecule has 3 N–H and O–H groups in total. The number of para-hydroxylation sites is 1. The monoisotopic (exact) mass is 321 g/mol. The van der Waals surface area contributed by atoms with Gasteiger partial charge in [-0.25, -0.2) is 9.78 Å². The van der Waals surface area contributed by atoms with Crippen molar-refractivity contribution >= 4 is 27.6 Å². The van der Waals surface area contributed by atoms with E-state index in [9.17, 15) is 4.79 Å². The van der Waals surface area contributed by atoms with E-state index in [2.05, 4.69) is 21.7 Å². The first-order valence-corrected chi connectivity index (χ1v) is 8.47. The van der Waals surface area contributed by atoms with Gasteiger partial charge in [-0.1, -0.05) is 19.1 Å². The molecule has 0 bridgehead atoms. The lowest BCUT2D eigenvalue weighted by Gasteiger charge is -2.11. The average molecular weight is 321 g/mol. The van der Waals surface area contributed by atoms with Gasteiger partial charge >= 0.3 is 6.03 Å². The Hall–Kier alpha value is -1.66. The number of hydrogen-bond acceptors (Lipinski definition) is 4. The van der Waals surface area contributed by atoms with Crippen LogP contribution in [0, 0.1) is 5.92 Å². The smallest absolute Gasteiger partial charge is 0.314 e. The van der Waals surface area contributed by atoms with Gasteiger partial charge in [0, 0.05) is 26.1 Å². The maximum absolute atomic E-state index is 11.6. The van der Waals surface area contributed by atoms with E-state index < -0.39 is 0 Å². The second-order valence-corrected chi connectivity index (χ2v) is 6.55. The molecule has 0 spiro atoms. The minimum absolute atomic E-state index is 0.144. The fraction of sp³-hybridized carbons (Fsp3) is 0.500. The van der Waals surface area contributed by atoms with Crippen molar-refractivity contribution in [3.8, 4) is 0 Å². The number of benzene rings is 1. The molecule has 0 aliphatic rings. The number of amides is 2. The highest BCUT2D eigenvalue weighted by Crippen LogP contribution is 2.22. The number of hydrogen-bond donors (Lipinski definition) is 3. The zero-order valence-corrected chi connectivity index (χ0v) is 13.7. The van der Waals surface area contributed by atoms with Crippen LogP contribution in [0.1, 0.15) is 24.8 Å². The Morgan fingerprint density at radius 2 is 2.18 bits per heavy atom. The van der Waals surface area contributed by atoms with Crippen molar-refractivity contribution in [1.82, 2.24) is 15.6 Å². The van der Waals surface area contributed by atoms with Gasteiger partial charge in [0.2, 0.25) is 0 Å². The van der Waals surface area contributed by atoms with Gasteiger partial charge in [-0.15, -0.1) is 11.3 Å². The Kier molecular flexibility index (Phi) is 6.61. The van der Waals surface area contributed by atoms with Gasteiger partial charge in [-0.2, -0.15) is 0 Å². The summed E-state index contributed by atoms with van der Waals surface area (Å²) in [5.74, 6) is 0.290. The first kappa shape index (κ1) is 16.7. The third kappa shape index (κ3) is 5.27. The molecule has 1 aromatic carbocycles. The van der Waals surface area contributed by atoms with Gasteiger partial charge in [-0.05, 0) is 30.9 Å². The highest BCUT2D eigenvalue weighted by atomic mass is 32.1. The number of fused-ring (bicyclic) bond motifs is 1. The Labute approximate surface area is 134 Å². The Morgan fingerprint density at radius 1 is 1.36 bits per heavy atom. The quantitative estimate of drug-likeness (QED) is 0.654. The largest absolute Gasteiger partial charge is 0.396 e. The van der Waals surface area contributed by atoms with Crippen LogP contribution >= 0.6 is 11.3 Å². The zero-order valence-electron chi connectivity index (χ0n) is 12.8. The van der Waals surface area contributed by atoms with Crippen LogP contribution in [-0.2, 0) is 6.42 Å². The average Bonchev–Trinajstić information content (AvgIpc) is 2.92. The number of thiazole rings is 1. The molecule has 22 heavy (non-hydrogen) atoms. The predicted molar refractivity (Wildman–Crippen MR) is 90.2 cm³/mol. The van der Waals surface area contributed by atoms with Crippen molar-refractivity contribution < 1.29 is 9.90 Å². The number of urea groups is 1. The zero-order chi connectivity index (χ0) is 15.8. The number of rotatable bonds is 8. The van der Waals surface area contributed by atoms with E-state index in [1.165, 1.54) is 4.70 Å². The molecule has 0 fully saturated rings. The first-order chi connectivity index (χ1) is 10.7. The number of aryl methyl sites for hydroxylation is 1. The van der Waals surface area contributed by atoms with Crippen LogP contribution in [0.3, 0.4) is 0 Å². The van der Waals surface area contributed by atoms with Gasteiger partial charge < -0.3 is 15.7 Å². The van der Waals surface area contributed by atoms with Crippen molar-refractivity contribution in [2.75, 3.05) is 19.7 Å². The van der Waals surface area contributed by atoms with Gasteiger partial charge in [0.15, 0.2) is 0 Å². The lowest BCUT2D eigenvalue weighted by atomic mass is 10.1. The molecular weight excluding hydrogens is 298 g/mol. The summed E-state index contributed by atoms with van der Waals surface area (Å²) in [6.45, 7) is 3.39. The van der Waals surface area contributed by atoms with Crippen molar-refractivity contribution in [1.29, 1.82) is 0 Å². The summed E-state index contributed by atoms with van der Waals surface area (Å²) >= 11 is 1.71. The van der Waals surface area contributed by atoms with E-state index in [0.29, 0.717) is 25.4 Å². The van der Waals surface area contributed by atoms with E-state index in [4.69, 9.17) is 5.11 Å². The van der Waals surface area contributed by atoms with Crippen molar-refractivity contribution in [2.45, 2.75) is 26.2 Å². The highest BCUT2D eigenvalue weighted by Gasteiger charge is 2.05. The molecule has 6 heteroatoms. The van der Waals surface area contributed by atoms with E-state index in [1.54, 1.807) is 11.3 Å². The first-order valence-electron chi connectivity index (χ1n) is 7.66. The van der Waals surface area contributed by atoms with Gasteiger partial charge in [0.05, 0.1) is 15.2 Å². The van der Waals surface area contributed by atoms with Gasteiger partial charge in [-0.3, -0.25) is 0 Å². The van der Waals surface area contributed by atoms with E-state index in [-0.39, 0.29) is 12.6 Å². The fourth-order valence-corrected chi connectivity index (χ4v) is 3.13. The normalized spacial score (nSPS) is 12.3. The highest BCUT2D eigenvalue weighted by molar-refractivity contribution is 7.18. The molecule has 0 saturated heterocycles. The molecule has 2 rings (SSSR count). The third-order valence-electron chi connectivity index (χ3n) is 3.42. The molecule has 0 saturated carbocycles. The van der Waals surface area contributed by atoms with Crippen molar-refractivity contribution in [3.63, 3.8) is 0 Å². The maximum Gasteiger partial charge on any atom is 0.314 e. The lowest BCUT2D eigenvalue weighted by Crippen LogP contribution is -2.38. The number of carbonyl (C=O) groups is 1. The molecule has 0 aliphatic carbocycles. The minimum atomic E-state index is -0.144. The topological polar surface area (TPSA) is 74.2 Å². The van der Waals surface area contributed by atoms with E-state index in [1.807, 2.05) is 25.1 Å². The Bertz CT molecular complexity index is 567. The molecule has 120 valence electrons. The minimum Gasteiger partial charge on any atom is -0.396 e. The second-order valence-electron chi connectivity index (χ2n) is 5.43. The van der Waals surface area contributed by atoms with Crippen LogP contribution in [0.4, 0.5) is 4.79 Å². The summed E-state index contributed by atoms with van der Waals surface area (Å²) in [6, 6.07) is 7.97.